The zero-order chi connectivity index (χ0) is 22.0. The quantitative estimate of drug-likeness (QED) is 0.390. The minimum absolute atomic E-state index is 0. The Morgan fingerprint density at radius 3 is 2.43 bits per heavy atom. The highest BCUT2D eigenvalue weighted by Gasteiger charge is 2.32. The van der Waals surface area contributed by atoms with Crippen LogP contribution in [0.15, 0.2) is 72.8 Å². The molecular formula is C29H35Cl2N3O. The van der Waals surface area contributed by atoms with Gasteiger partial charge in [-0.3, -0.25) is 0 Å². The first-order valence-corrected chi connectivity index (χ1v) is 12.5. The summed E-state index contributed by atoms with van der Waals surface area (Å²) in [6, 6.07) is 26.9. The molecule has 3 aromatic rings. The maximum Gasteiger partial charge on any atom is 0.143 e. The van der Waals surface area contributed by atoms with Crippen molar-refractivity contribution in [3.63, 3.8) is 0 Å². The van der Waals surface area contributed by atoms with Crippen LogP contribution in [0.5, 0.6) is 5.75 Å². The Bertz CT molecular complexity index is 1070. The molecule has 4 nitrogen and oxygen atoms in total. The highest BCUT2D eigenvalue weighted by Crippen LogP contribution is 2.42. The van der Waals surface area contributed by atoms with E-state index in [-0.39, 0.29) is 24.8 Å². The van der Waals surface area contributed by atoms with Crippen molar-refractivity contribution < 1.29 is 4.74 Å². The first kappa shape index (κ1) is 25.7. The molecule has 3 heterocycles. The Morgan fingerprint density at radius 2 is 1.57 bits per heavy atom. The molecule has 0 saturated carbocycles. The van der Waals surface area contributed by atoms with E-state index < -0.39 is 0 Å². The van der Waals surface area contributed by atoms with Crippen LogP contribution in [0.1, 0.15) is 30.4 Å². The van der Waals surface area contributed by atoms with Crippen LogP contribution in [0.2, 0.25) is 0 Å². The maximum absolute atomic E-state index is 6.19. The second-order valence-electron chi connectivity index (χ2n) is 9.61. The van der Waals surface area contributed by atoms with Gasteiger partial charge >= 0.3 is 0 Å². The van der Waals surface area contributed by atoms with Gasteiger partial charge in [0.05, 0.1) is 5.69 Å². The van der Waals surface area contributed by atoms with Crippen molar-refractivity contribution in [2.75, 3.05) is 42.5 Å². The molecule has 3 aromatic carbocycles. The van der Waals surface area contributed by atoms with Gasteiger partial charge in [0.25, 0.3) is 0 Å². The van der Waals surface area contributed by atoms with Crippen molar-refractivity contribution in [1.29, 1.82) is 0 Å². The first-order valence-electron chi connectivity index (χ1n) is 12.5. The van der Waals surface area contributed by atoms with Crippen LogP contribution in [0.4, 0.5) is 17.1 Å². The zero-order valence-corrected chi connectivity index (χ0v) is 21.8. The van der Waals surface area contributed by atoms with Gasteiger partial charge in [-0.2, -0.15) is 0 Å². The maximum atomic E-state index is 6.19. The van der Waals surface area contributed by atoms with Gasteiger partial charge < -0.3 is 19.4 Å². The smallest absolute Gasteiger partial charge is 0.143 e. The van der Waals surface area contributed by atoms with Gasteiger partial charge in [0.1, 0.15) is 12.4 Å². The Morgan fingerprint density at radius 1 is 0.800 bits per heavy atom. The molecule has 3 aliphatic rings. The molecule has 1 unspecified atom stereocenters. The predicted octanol–water partition coefficient (Wildman–Crippen LogP) is 6.48. The lowest BCUT2D eigenvalue weighted by Gasteiger charge is -2.32. The molecule has 0 N–H and O–H groups in total. The molecule has 1 atom stereocenters. The summed E-state index contributed by atoms with van der Waals surface area (Å²) >= 11 is 0. The lowest BCUT2D eigenvalue weighted by Crippen LogP contribution is -2.35. The lowest BCUT2D eigenvalue weighted by atomic mass is 10.1. The number of hydrogen-bond acceptors (Lipinski definition) is 4. The van der Waals surface area contributed by atoms with E-state index in [4.69, 9.17) is 4.74 Å². The van der Waals surface area contributed by atoms with Crippen LogP contribution >= 0.6 is 24.8 Å². The lowest BCUT2D eigenvalue weighted by molar-refractivity contribution is 0.310. The van der Waals surface area contributed by atoms with E-state index in [9.17, 15) is 0 Å². The molecule has 2 fully saturated rings. The SMILES string of the molecule is Cl.Cl.c1cc(CCN2CCC(N3c4ccccc4COc4ccccc43)C2)cc(N2CCCC2)c1. The third kappa shape index (κ3) is 5.40. The van der Waals surface area contributed by atoms with E-state index in [0.717, 1.165) is 31.8 Å². The van der Waals surface area contributed by atoms with Crippen molar-refractivity contribution in [1.82, 2.24) is 4.90 Å². The molecule has 0 amide bonds. The summed E-state index contributed by atoms with van der Waals surface area (Å²) in [5.41, 5.74) is 6.63. The number of anilines is 3. The van der Waals surface area contributed by atoms with Crippen molar-refractivity contribution in [3.8, 4) is 5.75 Å². The van der Waals surface area contributed by atoms with Crippen LogP contribution in [0.3, 0.4) is 0 Å². The van der Waals surface area contributed by atoms with Crippen molar-refractivity contribution in [3.05, 3.63) is 83.9 Å². The minimum atomic E-state index is 0. The van der Waals surface area contributed by atoms with Crippen molar-refractivity contribution >= 4 is 41.9 Å². The Hall–Kier alpha value is -2.40. The summed E-state index contributed by atoms with van der Waals surface area (Å²) in [5, 5.41) is 0. The second-order valence-corrected chi connectivity index (χ2v) is 9.61. The number of para-hydroxylation sites is 3. The van der Waals surface area contributed by atoms with Crippen LogP contribution in [-0.2, 0) is 13.0 Å². The van der Waals surface area contributed by atoms with Crippen LogP contribution in [-0.4, -0.2) is 43.7 Å². The number of likely N-dealkylation sites (tertiary alicyclic amines) is 1. The third-order valence-corrected chi connectivity index (χ3v) is 7.47. The molecule has 6 heteroatoms. The van der Waals surface area contributed by atoms with Crippen LogP contribution in [0, 0.1) is 0 Å². The van der Waals surface area contributed by atoms with Crippen LogP contribution < -0.4 is 14.5 Å². The standard InChI is InChI=1S/C29H33N3O.2ClH/c1-2-11-27-24(9-1)22-33-29-13-4-3-12-28(29)32(27)26-15-19-30(21-26)18-14-23-8-7-10-25(20-23)31-16-5-6-17-31;;/h1-4,7-13,20,26H,5-6,14-19,21-22H2;2*1H. The molecule has 186 valence electrons. The Kier molecular flexibility index (Phi) is 8.48. The van der Waals surface area contributed by atoms with Gasteiger partial charge in [-0.25, -0.2) is 0 Å². The van der Waals surface area contributed by atoms with Crippen LogP contribution in [0.25, 0.3) is 0 Å². The highest BCUT2D eigenvalue weighted by molar-refractivity contribution is 5.85. The van der Waals surface area contributed by atoms with E-state index in [1.165, 1.54) is 60.5 Å². The fourth-order valence-corrected chi connectivity index (χ4v) is 5.72. The van der Waals surface area contributed by atoms with Gasteiger partial charge in [-0.15, -0.1) is 24.8 Å². The number of nitrogens with zero attached hydrogens (tertiary/aromatic N) is 3. The van der Waals surface area contributed by atoms with E-state index in [2.05, 4.69) is 87.5 Å². The minimum Gasteiger partial charge on any atom is -0.487 e. The largest absolute Gasteiger partial charge is 0.487 e. The number of rotatable bonds is 5. The average Bonchev–Trinajstić information content (AvgIpc) is 3.53. The molecule has 0 spiro atoms. The number of fused-ring (bicyclic) bond motifs is 2. The normalized spacial score (nSPS) is 19.1. The van der Waals surface area contributed by atoms with Gasteiger partial charge in [0.2, 0.25) is 0 Å². The van der Waals surface area contributed by atoms with E-state index >= 15 is 0 Å². The molecule has 0 radical (unpaired) electrons. The van der Waals surface area contributed by atoms with E-state index in [0.29, 0.717) is 12.6 Å². The number of ether oxygens (including phenoxy) is 1. The number of hydrogen-bond donors (Lipinski definition) is 0. The molecule has 6 rings (SSSR count). The van der Waals surface area contributed by atoms with Gasteiger partial charge in [0.15, 0.2) is 0 Å². The van der Waals surface area contributed by atoms with E-state index in [1.54, 1.807) is 0 Å². The van der Waals surface area contributed by atoms with E-state index in [1.807, 2.05) is 0 Å². The molecule has 0 aromatic heterocycles. The molecule has 35 heavy (non-hydrogen) atoms. The molecule has 0 aliphatic carbocycles. The molecule has 3 aliphatic heterocycles. The summed E-state index contributed by atoms with van der Waals surface area (Å²) < 4.78 is 6.19. The molecule has 0 bridgehead atoms. The summed E-state index contributed by atoms with van der Waals surface area (Å²) in [6.45, 7) is 6.41. The van der Waals surface area contributed by atoms with Gasteiger partial charge in [-0.05, 0) is 61.6 Å². The van der Waals surface area contributed by atoms with Gasteiger partial charge in [0, 0.05) is 55.7 Å². The third-order valence-electron chi connectivity index (χ3n) is 7.47. The summed E-state index contributed by atoms with van der Waals surface area (Å²) in [6.07, 6.45) is 4.95. The Balaban J connectivity index is 0.00000144. The zero-order valence-electron chi connectivity index (χ0n) is 20.1. The van der Waals surface area contributed by atoms with Crippen molar-refractivity contribution in [2.24, 2.45) is 0 Å². The summed E-state index contributed by atoms with van der Waals surface area (Å²) in [5.74, 6) is 0.992. The summed E-state index contributed by atoms with van der Waals surface area (Å²) in [7, 11) is 0. The fraction of sp³-hybridized carbons (Fsp3) is 0.379. The van der Waals surface area contributed by atoms with Crippen molar-refractivity contribution in [2.45, 2.75) is 38.3 Å². The Labute approximate surface area is 221 Å². The molecular weight excluding hydrogens is 477 g/mol. The highest BCUT2D eigenvalue weighted by atomic mass is 35.5. The average molecular weight is 513 g/mol. The first-order chi connectivity index (χ1) is 16.3. The second kappa shape index (κ2) is 11.6. The molecule has 2 saturated heterocycles. The fourth-order valence-electron chi connectivity index (χ4n) is 5.72. The number of benzene rings is 3. The van der Waals surface area contributed by atoms with Gasteiger partial charge in [-0.1, -0.05) is 42.5 Å². The topological polar surface area (TPSA) is 19.0 Å². The monoisotopic (exact) mass is 511 g/mol. The number of halogens is 2. The predicted molar refractivity (Wildman–Crippen MR) is 150 cm³/mol. The summed E-state index contributed by atoms with van der Waals surface area (Å²) in [4.78, 5) is 7.72.